The van der Waals surface area contributed by atoms with E-state index in [1.165, 1.54) is 0 Å². The molecule has 0 spiro atoms. The molecule has 0 unspecified atom stereocenters. The third-order valence-corrected chi connectivity index (χ3v) is 3.10. The Morgan fingerprint density at radius 3 is 2.92 bits per heavy atom. The molecule has 0 saturated heterocycles. The van der Waals surface area contributed by atoms with Gasteiger partial charge in [0.25, 0.3) is 0 Å². The summed E-state index contributed by atoms with van der Waals surface area (Å²) in [7, 11) is 0. The van der Waals surface area contributed by atoms with Crippen LogP contribution in [0, 0.1) is 6.92 Å². The van der Waals surface area contributed by atoms with E-state index in [9.17, 15) is 0 Å². The van der Waals surface area contributed by atoms with Crippen LogP contribution in [0.15, 0.2) is 22.9 Å². The molecule has 2 nitrogen and oxygen atoms in total. The zero-order chi connectivity index (χ0) is 9.42. The highest BCUT2D eigenvalue weighted by molar-refractivity contribution is 9.10. The molecule has 0 N–H and O–H groups in total. The van der Waals surface area contributed by atoms with Crippen LogP contribution in [0.5, 0.6) is 0 Å². The maximum atomic E-state index is 6.08. The summed E-state index contributed by atoms with van der Waals surface area (Å²) in [5.74, 6) is 0. The fourth-order valence-electron chi connectivity index (χ4n) is 1.21. The molecule has 0 atom stereocenters. The lowest BCUT2D eigenvalue weighted by Gasteiger charge is -2.02. The molecule has 2 aromatic rings. The van der Waals surface area contributed by atoms with Gasteiger partial charge in [0.1, 0.15) is 0 Å². The maximum Gasteiger partial charge on any atom is 0.0930 e. The van der Waals surface area contributed by atoms with Crippen molar-refractivity contribution < 1.29 is 0 Å². The van der Waals surface area contributed by atoms with Crippen LogP contribution in [-0.4, -0.2) is 9.97 Å². The van der Waals surface area contributed by atoms with Crippen molar-refractivity contribution in [3.8, 4) is 0 Å². The Labute approximate surface area is 89.1 Å². The zero-order valence-corrected chi connectivity index (χ0v) is 9.22. The molecule has 0 aliphatic rings. The van der Waals surface area contributed by atoms with Crippen molar-refractivity contribution in [1.29, 1.82) is 0 Å². The summed E-state index contributed by atoms with van der Waals surface area (Å²) in [5, 5.41) is 1.62. The minimum Gasteiger partial charge on any atom is -0.259 e. The van der Waals surface area contributed by atoms with E-state index >= 15 is 0 Å². The minimum atomic E-state index is 0.690. The number of rotatable bonds is 0. The molecule has 13 heavy (non-hydrogen) atoms. The molecule has 0 bridgehead atoms. The molecule has 2 aromatic heterocycles. The SMILES string of the molecule is Cc1nccc2c(Cl)c(Br)cnc12. The summed E-state index contributed by atoms with van der Waals surface area (Å²) < 4.78 is 0.812. The Kier molecular flexibility index (Phi) is 2.22. The molecule has 0 aliphatic heterocycles. The highest BCUT2D eigenvalue weighted by atomic mass is 79.9. The Balaban J connectivity index is 2.94. The van der Waals surface area contributed by atoms with Gasteiger partial charge < -0.3 is 0 Å². The van der Waals surface area contributed by atoms with Crippen molar-refractivity contribution in [3.05, 3.63) is 33.6 Å². The first-order valence-electron chi connectivity index (χ1n) is 3.75. The van der Waals surface area contributed by atoms with Crippen molar-refractivity contribution in [2.45, 2.75) is 6.92 Å². The minimum absolute atomic E-state index is 0.690. The van der Waals surface area contributed by atoms with Crippen LogP contribution in [0.4, 0.5) is 0 Å². The number of aryl methyl sites for hydroxylation is 1. The standard InChI is InChI=1S/C9H6BrClN2/c1-5-9-6(2-3-12-5)8(11)7(10)4-13-9/h2-4H,1H3. The molecular formula is C9H6BrClN2. The lowest BCUT2D eigenvalue weighted by atomic mass is 10.2. The van der Waals surface area contributed by atoms with Crippen LogP contribution in [0.3, 0.4) is 0 Å². The Morgan fingerprint density at radius 1 is 1.38 bits per heavy atom. The average molecular weight is 258 g/mol. The van der Waals surface area contributed by atoms with Crippen LogP contribution in [0.1, 0.15) is 5.69 Å². The van der Waals surface area contributed by atoms with Gasteiger partial charge in [0.2, 0.25) is 0 Å². The maximum absolute atomic E-state index is 6.08. The van der Waals surface area contributed by atoms with Gasteiger partial charge in [0.15, 0.2) is 0 Å². The zero-order valence-electron chi connectivity index (χ0n) is 6.88. The van der Waals surface area contributed by atoms with Gasteiger partial charge >= 0.3 is 0 Å². The fourth-order valence-corrected chi connectivity index (χ4v) is 1.72. The van der Waals surface area contributed by atoms with Crippen LogP contribution < -0.4 is 0 Å². The predicted molar refractivity (Wildman–Crippen MR) is 57.0 cm³/mol. The third kappa shape index (κ3) is 1.42. The van der Waals surface area contributed by atoms with Gasteiger partial charge in [-0.25, -0.2) is 0 Å². The fraction of sp³-hybridized carbons (Fsp3) is 0.111. The first kappa shape index (κ1) is 8.91. The lowest BCUT2D eigenvalue weighted by Crippen LogP contribution is -1.87. The van der Waals surface area contributed by atoms with Gasteiger partial charge in [0.05, 0.1) is 20.7 Å². The largest absolute Gasteiger partial charge is 0.259 e. The quantitative estimate of drug-likeness (QED) is 0.723. The first-order chi connectivity index (χ1) is 6.20. The monoisotopic (exact) mass is 256 g/mol. The van der Waals surface area contributed by atoms with E-state index in [-0.39, 0.29) is 0 Å². The number of fused-ring (bicyclic) bond motifs is 1. The Hall–Kier alpha value is -0.670. The Morgan fingerprint density at radius 2 is 2.15 bits per heavy atom. The normalized spacial score (nSPS) is 10.7. The van der Waals surface area contributed by atoms with Gasteiger partial charge in [0, 0.05) is 17.8 Å². The highest BCUT2D eigenvalue weighted by Gasteiger charge is 2.05. The number of hydrogen-bond donors (Lipinski definition) is 0. The van der Waals surface area contributed by atoms with Crippen LogP contribution >= 0.6 is 27.5 Å². The summed E-state index contributed by atoms with van der Waals surface area (Å²) in [5.41, 5.74) is 1.75. The van der Waals surface area contributed by atoms with Crippen LogP contribution in [0.2, 0.25) is 5.02 Å². The van der Waals surface area contributed by atoms with Crippen molar-refractivity contribution in [3.63, 3.8) is 0 Å². The third-order valence-electron chi connectivity index (χ3n) is 1.86. The molecule has 0 amide bonds. The first-order valence-corrected chi connectivity index (χ1v) is 4.92. The second-order valence-electron chi connectivity index (χ2n) is 2.71. The highest BCUT2D eigenvalue weighted by Crippen LogP contribution is 2.29. The number of hydrogen-bond acceptors (Lipinski definition) is 2. The Bertz CT molecular complexity index is 470. The summed E-state index contributed by atoms with van der Waals surface area (Å²) in [6.07, 6.45) is 3.43. The van der Waals surface area contributed by atoms with E-state index in [1.807, 2.05) is 13.0 Å². The lowest BCUT2D eigenvalue weighted by molar-refractivity contribution is 1.20. The van der Waals surface area contributed by atoms with Crippen molar-refractivity contribution in [2.24, 2.45) is 0 Å². The molecule has 0 aromatic carbocycles. The molecule has 0 aliphatic carbocycles. The smallest absolute Gasteiger partial charge is 0.0930 e. The van der Waals surface area contributed by atoms with E-state index in [1.54, 1.807) is 12.4 Å². The van der Waals surface area contributed by atoms with Crippen molar-refractivity contribution in [2.75, 3.05) is 0 Å². The van der Waals surface area contributed by atoms with Crippen molar-refractivity contribution in [1.82, 2.24) is 9.97 Å². The summed E-state index contributed by atoms with van der Waals surface area (Å²) in [6.45, 7) is 1.92. The van der Waals surface area contributed by atoms with E-state index < -0.39 is 0 Å². The average Bonchev–Trinajstić information content (AvgIpc) is 2.12. The number of pyridine rings is 2. The second-order valence-corrected chi connectivity index (χ2v) is 3.94. The summed E-state index contributed by atoms with van der Waals surface area (Å²) >= 11 is 9.41. The van der Waals surface area contributed by atoms with Crippen LogP contribution in [0.25, 0.3) is 10.9 Å². The molecule has 4 heteroatoms. The molecule has 2 heterocycles. The number of aromatic nitrogens is 2. The second kappa shape index (κ2) is 3.24. The molecule has 2 rings (SSSR count). The molecular weight excluding hydrogens is 251 g/mol. The molecule has 0 saturated carbocycles. The van der Waals surface area contributed by atoms with E-state index in [2.05, 4.69) is 25.9 Å². The molecule has 66 valence electrons. The van der Waals surface area contributed by atoms with E-state index in [0.29, 0.717) is 5.02 Å². The molecule has 0 fully saturated rings. The topological polar surface area (TPSA) is 25.8 Å². The van der Waals surface area contributed by atoms with E-state index in [4.69, 9.17) is 11.6 Å². The number of nitrogens with zero attached hydrogens (tertiary/aromatic N) is 2. The van der Waals surface area contributed by atoms with Crippen LogP contribution in [-0.2, 0) is 0 Å². The van der Waals surface area contributed by atoms with Gasteiger partial charge in [-0.15, -0.1) is 0 Å². The molecule has 0 radical (unpaired) electrons. The summed E-state index contributed by atoms with van der Waals surface area (Å²) in [6, 6.07) is 1.86. The summed E-state index contributed by atoms with van der Waals surface area (Å²) in [4.78, 5) is 8.39. The number of halogens is 2. The van der Waals surface area contributed by atoms with Gasteiger partial charge in [-0.05, 0) is 28.9 Å². The van der Waals surface area contributed by atoms with Gasteiger partial charge in [-0.1, -0.05) is 11.6 Å². The van der Waals surface area contributed by atoms with Gasteiger partial charge in [-0.2, -0.15) is 0 Å². The van der Waals surface area contributed by atoms with Gasteiger partial charge in [-0.3, -0.25) is 9.97 Å². The van der Waals surface area contributed by atoms with Crippen molar-refractivity contribution >= 4 is 38.4 Å². The van der Waals surface area contributed by atoms with E-state index in [0.717, 1.165) is 21.1 Å². The predicted octanol–water partition coefficient (Wildman–Crippen LogP) is 3.35.